The molecule has 0 saturated heterocycles. The molecule has 2 aromatic rings. The minimum absolute atomic E-state index is 0.400. The molecule has 1 heterocycles. The summed E-state index contributed by atoms with van der Waals surface area (Å²) in [7, 11) is 9.51. The largest absolute Gasteiger partial charge is 0.493 e. The van der Waals surface area contributed by atoms with Crippen LogP contribution in [-0.4, -0.2) is 60.2 Å². The smallest absolute Gasteiger partial charge is 0.354 e. The highest BCUT2D eigenvalue weighted by Crippen LogP contribution is 2.46. The Kier molecular flexibility index (Phi) is 7.71. The minimum atomic E-state index is -0.436. The first-order valence-electron chi connectivity index (χ1n) is 8.82. The molecule has 2 rings (SSSR count). The third kappa shape index (κ3) is 4.07. The first-order valence-corrected chi connectivity index (χ1v) is 8.82. The van der Waals surface area contributed by atoms with E-state index in [0.29, 0.717) is 42.5 Å². The Morgan fingerprint density at radius 2 is 1.75 bits per heavy atom. The van der Waals surface area contributed by atoms with E-state index in [1.165, 1.54) is 7.11 Å². The fraction of sp³-hybridized carbons (Fsp3) is 0.450. The monoisotopic (exact) mass is 392 g/mol. The van der Waals surface area contributed by atoms with Gasteiger partial charge in [0.15, 0.2) is 11.5 Å². The second-order valence-corrected chi connectivity index (χ2v) is 5.98. The topological polar surface area (TPSA) is 91.0 Å². The molecule has 0 aliphatic carbocycles. The van der Waals surface area contributed by atoms with Crippen molar-refractivity contribution in [2.75, 3.05) is 49.2 Å². The number of rotatable bonds is 10. The number of esters is 1. The van der Waals surface area contributed by atoms with Crippen LogP contribution in [0.1, 0.15) is 21.7 Å². The van der Waals surface area contributed by atoms with Crippen LogP contribution in [0.4, 0.5) is 0 Å². The Morgan fingerprint density at radius 1 is 1.04 bits per heavy atom. The van der Waals surface area contributed by atoms with Gasteiger partial charge in [0.05, 0.1) is 35.0 Å². The van der Waals surface area contributed by atoms with Gasteiger partial charge in [0.25, 0.3) is 0 Å². The van der Waals surface area contributed by atoms with Gasteiger partial charge in [-0.3, -0.25) is 0 Å². The Hall–Kier alpha value is -2.71. The predicted octanol–water partition coefficient (Wildman–Crippen LogP) is 2.40. The third-order valence-electron chi connectivity index (χ3n) is 4.45. The first-order chi connectivity index (χ1) is 13.6. The lowest BCUT2D eigenvalue weighted by Gasteiger charge is -2.17. The molecule has 0 atom stereocenters. The Bertz CT molecular complexity index is 816. The summed E-state index contributed by atoms with van der Waals surface area (Å²) in [5.74, 6) is 1.12. The molecule has 8 heteroatoms. The number of aromatic amines is 1. The van der Waals surface area contributed by atoms with Crippen LogP contribution in [0.5, 0.6) is 17.2 Å². The van der Waals surface area contributed by atoms with E-state index in [1.807, 2.05) is 19.2 Å². The highest BCUT2D eigenvalue weighted by Gasteiger charge is 2.27. The zero-order chi connectivity index (χ0) is 20.7. The van der Waals surface area contributed by atoms with Crippen molar-refractivity contribution in [3.8, 4) is 28.4 Å². The molecule has 28 heavy (non-hydrogen) atoms. The molecular formula is C20H28N2O6. The van der Waals surface area contributed by atoms with E-state index in [1.54, 1.807) is 28.4 Å². The number of nitrogens with one attached hydrogen (secondary N) is 2. The molecular weight excluding hydrogens is 364 g/mol. The zero-order valence-electron chi connectivity index (χ0n) is 17.2. The molecule has 154 valence electrons. The van der Waals surface area contributed by atoms with Gasteiger partial charge in [-0.15, -0.1) is 0 Å². The van der Waals surface area contributed by atoms with Crippen molar-refractivity contribution in [2.45, 2.75) is 13.0 Å². The number of ether oxygens (including phenoxy) is 5. The maximum Gasteiger partial charge on any atom is 0.354 e. The van der Waals surface area contributed by atoms with Crippen molar-refractivity contribution in [1.29, 1.82) is 0 Å². The van der Waals surface area contributed by atoms with Gasteiger partial charge in [-0.2, -0.15) is 0 Å². The summed E-state index contributed by atoms with van der Waals surface area (Å²) in [5.41, 5.74) is 3.66. The number of carbonyl (C=O) groups excluding carboxylic acids is 1. The van der Waals surface area contributed by atoms with Crippen molar-refractivity contribution in [3.63, 3.8) is 0 Å². The highest BCUT2D eigenvalue weighted by molar-refractivity contribution is 5.94. The molecule has 0 bridgehead atoms. The molecule has 0 saturated carbocycles. The Labute approximate surface area is 165 Å². The van der Waals surface area contributed by atoms with Crippen LogP contribution in [0.25, 0.3) is 11.1 Å². The SMILES string of the molecule is CNCc1[nH]c(C(=O)OC)c(CCOC)c1-c1ccc(OC)c(OC)c1OC. The van der Waals surface area contributed by atoms with Gasteiger partial charge in [0.1, 0.15) is 5.69 Å². The number of H-pyrrole nitrogens is 1. The average molecular weight is 392 g/mol. The lowest BCUT2D eigenvalue weighted by Crippen LogP contribution is -2.08. The number of hydrogen-bond acceptors (Lipinski definition) is 7. The number of hydrogen-bond donors (Lipinski definition) is 2. The van der Waals surface area contributed by atoms with E-state index in [2.05, 4.69) is 10.3 Å². The summed E-state index contributed by atoms with van der Waals surface area (Å²) >= 11 is 0. The maximum absolute atomic E-state index is 12.4. The molecule has 8 nitrogen and oxygen atoms in total. The van der Waals surface area contributed by atoms with Crippen molar-refractivity contribution in [1.82, 2.24) is 10.3 Å². The molecule has 1 aromatic carbocycles. The van der Waals surface area contributed by atoms with Gasteiger partial charge >= 0.3 is 5.97 Å². The van der Waals surface area contributed by atoms with Gasteiger partial charge in [-0.05, 0) is 31.2 Å². The normalized spacial score (nSPS) is 10.6. The van der Waals surface area contributed by atoms with E-state index in [0.717, 1.165) is 22.4 Å². The number of benzene rings is 1. The summed E-state index contributed by atoms with van der Waals surface area (Å²) < 4.78 is 26.8. The zero-order valence-corrected chi connectivity index (χ0v) is 17.2. The van der Waals surface area contributed by atoms with E-state index in [-0.39, 0.29) is 0 Å². The van der Waals surface area contributed by atoms with Gasteiger partial charge in [-0.25, -0.2) is 4.79 Å². The van der Waals surface area contributed by atoms with E-state index in [4.69, 9.17) is 23.7 Å². The van der Waals surface area contributed by atoms with Crippen LogP contribution in [0.3, 0.4) is 0 Å². The minimum Gasteiger partial charge on any atom is -0.493 e. The van der Waals surface area contributed by atoms with Crippen molar-refractivity contribution in [2.24, 2.45) is 0 Å². The van der Waals surface area contributed by atoms with Gasteiger partial charge in [-0.1, -0.05) is 0 Å². The van der Waals surface area contributed by atoms with Crippen LogP contribution < -0.4 is 19.5 Å². The Morgan fingerprint density at radius 3 is 2.29 bits per heavy atom. The van der Waals surface area contributed by atoms with Gasteiger partial charge in [0.2, 0.25) is 5.75 Å². The summed E-state index contributed by atoms with van der Waals surface area (Å²) in [4.78, 5) is 15.6. The molecule has 0 fully saturated rings. The first kappa shape index (κ1) is 21.6. The van der Waals surface area contributed by atoms with Crippen molar-refractivity contribution < 1.29 is 28.5 Å². The Balaban J connectivity index is 2.82. The highest BCUT2D eigenvalue weighted by atomic mass is 16.5. The van der Waals surface area contributed by atoms with E-state index in [9.17, 15) is 4.79 Å². The molecule has 0 unspecified atom stereocenters. The molecule has 0 radical (unpaired) electrons. The average Bonchev–Trinajstić information content (AvgIpc) is 3.08. The maximum atomic E-state index is 12.4. The molecule has 1 aromatic heterocycles. The van der Waals surface area contributed by atoms with Crippen molar-refractivity contribution >= 4 is 5.97 Å². The predicted molar refractivity (Wildman–Crippen MR) is 106 cm³/mol. The summed E-state index contributed by atoms with van der Waals surface area (Å²) in [5, 5.41) is 3.13. The third-order valence-corrected chi connectivity index (χ3v) is 4.45. The number of carbonyl (C=O) groups is 1. The molecule has 0 amide bonds. The van der Waals surface area contributed by atoms with Gasteiger partial charge in [0, 0.05) is 30.5 Å². The second-order valence-electron chi connectivity index (χ2n) is 5.98. The number of methoxy groups -OCH3 is 5. The quantitative estimate of drug-likeness (QED) is 0.600. The second kappa shape index (κ2) is 10.0. The van der Waals surface area contributed by atoms with Crippen LogP contribution >= 0.6 is 0 Å². The summed E-state index contributed by atoms with van der Waals surface area (Å²) in [6.07, 6.45) is 0.522. The van der Waals surface area contributed by atoms with E-state index < -0.39 is 5.97 Å². The molecule has 0 spiro atoms. The summed E-state index contributed by atoms with van der Waals surface area (Å²) in [6, 6.07) is 3.70. The fourth-order valence-corrected chi connectivity index (χ4v) is 3.26. The standard InChI is InChI=1S/C20H28N2O6/c1-21-11-14-16(12(9-10-24-2)17(22-14)20(23)28-6)13-7-8-15(25-3)19(27-5)18(13)26-4/h7-8,21-22H,9-11H2,1-6H3. The fourth-order valence-electron chi connectivity index (χ4n) is 3.26. The van der Waals surface area contributed by atoms with Crippen LogP contribution in [0, 0.1) is 0 Å². The van der Waals surface area contributed by atoms with Gasteiger partial charge < -0.3 is 34.0 Å². The van der Waals surface area contributed by atoms with E-state index >= 15 is 0 Å². The van der Waals surface area contributed by atoms with Crippen LogP contribution in [0.15, 0.2) is 12.1 Å². The summed E-state index contributed by atoms with van der Waals surface area (Å²) in [6.45, 7) is 0.966. The molecule has 0 aliphatic heterocycles. The molecule has 0 aliphatic rings. The van der Waals surface area contributed by atoms with Crippen molar-refractivity contribution in [3.05, 3.63) is 29.1 Å². The van der Waals surface area contributed by atoms with Crippen LogP contribution in [0.2, 0.25) is 0 Å². The van der Waals surface area contributed by atoms with Crippen LogP contribution in [-0.2, 0) is 22.4 Å². The lowest BCUT2D eigenvalue weighted by molar-refractivity contribution is 0.0593. The number of aromatic nitrogens is 1. The lowest BCUT2D eigenvalue weighted by atomic mass is 9.96. The molecule has 2 N–H and O–H groups in total.